The van der Waals surface area contributed by atoms with Gasteiger partial charge in [-0.1, -0.05) is 66.7 Å². The van der Waals surface area contributed by atoms with Gasteiger partial charge in [-0.3, -0.25) is 15.5 Å². The van der Waals surface area contributed by atoms with Crippen molar-refractivity contribution in [3.8, 4) is 5.75 Å². The molecule has 1 heterocycles. The number of carbonyl (C=O) groups excluding carboxylic acids is 1. The normalized spacial score (nSPS) is 11.9. The number of imidazole rings is 1. The van der Waals surface area contributed by atoms with Crippen LogP contribution in [-0.4, -0.2) is 21.6 Å². The van der Waals surface area contributed by atoms with E-state index in [0.29, 0.717) is 44.0 Å². The summed E-state index contributed by atoms with van der Waals surface area (Å²) < 4.78 is 22.9. The molecule has 1 atom stereocenters. The average Bonchev–Trinajstić information content (AvgIpc) is 3.23. The summed E-state index contributed by atoms with van der Waals surface area (Å²) in [6.45, 7) is 2.15. The van der Waals surface area contributed by atoms with Crippen LogP contribution < -0.4 is 21.4 Å². The van der Waals surface area contributed by atoms with E-state index in [2.05, 4.69) is 5.32 Å². The lowest BCUT2D eigenvalue weighted by Gasteiger charge is -2.16. The number of aromatic nitrogens is 2. The summed E-state index contributed by atoms with van der Waals surface area (Å²) in [5.74, 6) is -0.0787. The molecule has 5 aromatic rings. The van der Waals surface area contributed by atoms with Crippen LogP contribution in [0.1, 0.15) is 29.2 Å². The Morgan fingerprint density at radius 2 is 1.48 bits per heavy atom. The molecule has 1 aromatic heterocycles. The van der Waals surface area contributed by atoms with Gasteiger partial charge in [0.25, 0.3) is 0 Å². The number of carbonyl (C=O) groups is 1. The molecule has 0 aliphatic carbocycles. The van der Waals surface area contributed by atoms with Crippen molar-refractivity contribution in [3.63, 3.8) is 0 Å². The molecule has 1 unspecified atom stereocenters. The Hall–Kier alpha value is -4.69. The maximum Gasteiger partial charge on any atom is 0.239 e. The minimum absolute atomic E-state index is 0.291. The molecule has 8 heteroatoms. The van der Waals surface area contributed by atoms with Gasteiger partial charge < -0.3 is 19.6 Å². The van der Waals surface area contributed by atoms with Gasteiger partial charge in [-0.25, -0.2) is 4.39 Å². The fourth-order valence-electron chi connectivity index (χ4n) is 4.82. The van der Waals surface area contributed by atoms with E-state index in [1.54, 1.807) is 12.1 Å². The molecule has 0 saturated heterocycles. The Morgan fingerprint density at radius 3 is 2.15 bits per heavy atom. The topological polar surface area (TPSA) is 98.1 Å². The van der Waals surface area contributed by atoms with Crippen LogP contribution in [0.25, 0.3) is 11.0 Å². The average molecular weight is 538 g/mol. The Balaban J connectivity index is 1.24. The highest BCUT2D eigenvalue weighted by Gasteiger charge is 2.17. The van der Waals surface area contributed by atoms with E-state index in [0.717, 1.165) is 27.7 Å². The second kappa shape index (κ2) is 12.4. The lowest BCUT2D eigenvalue weighted by Crippen LogP contribution is -2.33. The Bertz CT molecular complexity index is 1630. The van der Waals surface area contributed by atoms with Crippen LogP contribution >= 0.6 is 0 Å². The molecule has 0 saturated carbocycles. The number of halogens is 1. The first kappa shape index (κ1) is 26.9. The van der Waals surface area contributed by atoms with E-state index in [-0.39, 0.29) is 5.82 Å². The maximum atomic E-state index is 13.1. The number of hydrogen-bond donors (Lipinski definition) is 3. The van der Waals surface area contributed by atoms with Crippen LogP contribution in [-0.2, 0) is 24.4 Å². The smallest absolute Gasteiger partial charge is 0.239 e. The van der Waals surface area contributed by atoms with E-state index in [1.165, 1.54) is 12.1 Å². The van der Waals surface area contributed by atoms with Gasteiger partial charge >= 0.3 is 0 Å². The summed E-state index contributed by atoms with van der Waals surface area (Å²) >= 11 is 0. The third kappa shape index (κ3) is 6.30. The largest absolute Gasteiger partial charge is 0.494 e. The molecule has 0 bridgehead atoms. The van der Waals surface area contributed by atoms with Crippen molar-refractivity contribution >= 4 is 16.9 Å². The van der Waals surface area contributed by atoms with Gasteiger partial charge in [0.1, 0.15) is 17.6 Å². The minimum Gasteiger partial charge on any atom is -0.494 e. The summed E-state index contributed by atoms with van der Waals surface area (Å²) in [7, 11) is 0. The third-order valence-corrected chi connectivity index (χ3v) is 6.87. The van der Waals surface area contributed by atoms with E-state index in [4.69, 9.17) is 15.9 Å². The number of nitrogens with one attached hydrogen (secondary N) is 2. The number of aryl methyl sites for hydroxylation is 1. The molecule has 0 aliphatic rings. The van der Waals surface area contributed by atoms with Crippen LogP contribution in [0.2, 0.25) is 0 Å². The number of nitrogens with two attached hydrogens (primary N) is 1. The first-order valence-corrected chi connectivity index (χ1v) is 13.3. The van der Waals surface area contributed by atoms with Crippen molar-refractivity contribution in [3.05, 3.63) is 131 Å². The second-order valence-electron chi connectivity index (χ2n) is 9.65. The number of fused-ring (bicyclic) bond motifs is 1. The fraction of sp³-hybridized carbons (Fsp3) is 0.188. The molecule has 0 radical (unpaired) electrons. The van der Waals surface area contributed by atoms with E-state index >= 15 is 0 Å². The quantitative estimate of drug-likeness (QED) is 0.198. The van der Waals surface area contributed by atoms with Crippen LogP contribution in [0.3, 0.4) is 0 Å². The SMILES string of the molecule is N=c1n(CCCOc2ccc(F)cc2)c2ccccc2n1Cc1ccc(CNC(C(N)=O)c2ccccc2)cc1. The Morgan fingerprint density at radius 1 is 0.850 bits per heavy atom. The van der Waals surface area contributed by atoms with E-state index in [1.807, 2.05) is 88.0 Å². The number of para-hydroxylation sites is 2. The summed E-state index contributed by atoms with van der Waals surface area (Å²) in [6, 6.07) is 31.1. The summed E-state index contributed by atoms with van der Waals surface area (Å²) in [4.78, 5) is 12.0. The molecule has 4 aromatic carbocycles. The molecule has 1 amide bonds. The monoisotopic (exact) mass is 537 g/mol. The number of rotatable bonds is 12. The van der Waals surface area contributed by atoms with Gasteiger partial charge in [-0.05, 0) is 59.5 Å². The number of benzene rings is 4. The fourth-order valence-corrected chi connectivity index (χ4v) is 4.82. The zero-order valence-electron chi connectivity index (χ0n) is 22.1. The molecule has 40 heavy (non-hydrogen) atoms. The molecular formula is C32H32FN5O2. The molecule has 5 rings (SSSR count). The van der Waals surface area contributed by atoms with Gasteiger partial charge in [0, 0.05) is 13.1 Å². The molecule has 204 valence electrons. The zero-order chi connectivity index (χ0) is 27.9. The van der Waals surface area contributed by atoms with Crippen molar-refractivity contribution in [2.24, 2.45) is 5.73 Å². The van der Waals surface area contributed by atoms with Crippen molar-refractivity contribution in [1.29, 1.82) is 5.41 Å². The van der Waals surface area contributed by atoms with E-state index < -0.39 is 11.9 Å². The number of primary amides is 1. The van der Waals surface area contributed by atoms with Gasteiger partial charge in [0.05, 0.1) is 24.2 Å². The standard InChI is InChI=1S/C32H32FN5O2/c33-26-15-17-27(18-16-26)40-20-6-19-37-28-9-4-5-10-29(28)38(32(37)35)22-24-13-11-23(12-14-24)21-36-30(31(34)39)25-7-2-1-3-8-25/h1-5,7-18,30,35-36H,6,19-22H2,(H2,34,39). The van der Waals surface area contributed by atoms with Crippen LogP contribution in [0, 0.1) is 11.2 Å². The molecule has 0 spiro atoms. The van der Waals surface area contributed by atoms with Gasteiger partial charge in [0.15, 0.2) is 0 Å². The minimum atomic E-state index is -0.561. The first-order valence-electron chi connectivity index (χ1n) is 13.3. The Kier molecular flexibility index (Phi) is 8.37. The highest BCUT2D eigenvalue weighted by molar-refractivity contribution is 5.81. The van der Waals surface area contributed by atoms with Crippen molar-refractivity contribution < 1.29 is 13.9 Å². The first-order chi connectivity index (χ1) is 19.5. The molecule has 7 nitrogen and oxygen atoms in total. The molecule has 0 fully saturated rings. The third-order valence-electron chi connectivity index (χ3n) is 6.87. The number of hydrogen-bond acceptors (Lipinski definition) is 4. The van der Waals surface area contributed by atoms with E-state index in [9.17, 15) is 9.18 Å². The van der Waals surface area contributed by atoms with Gasteiger partial charge in [-0.2, -0.15) is 0 Å². The van der Waals surface area contributed by atoms with Crippen molar-refractivity contribution in [2.75, 3.05) is 6.61 Å². The summed E-state index contributed by atoms with van der Waals surface area (Å²) in [5, 5.41) is 12.2. The van der Waals surface area contributed by atoms with Gasteiger partial charge in [0.2, 0.25) is 11.5 Å². The van der Waals surface area contributed by atoms with Gasteiger partial charge in [-0.15, -0.1) is 0 Å². The second-order valence-corrected chi connectivity index (χ2v) is 9.65. The highest BCUT2D eigenvalue weighted by atomic mass is 19.1. The summed E-state index contributed by atoms with van der Waals surface area (Å²) in [6.07, 6.45) is 0.707. The van der Waals surface area contributed by atoms with Crippen LogP contribution in [0.15, 0.2) is 103 Å². The lowest BCUT2D eigenvalue weighted by molar-refractivity contribution is -0.120. The summed E-state index contributed by atoms with van der Waals surface area (Å²) in [5.41, 5.74) is 11.0. The zero-order valence-corrected chi connectivity index (χ0v) is 22.1. The lowest BCUT2D eigenvalue weighted by atomic mass is 10.1. The Labute approximate surface area is 232 Å². The molecule has 4 N–H and O–H groups in total. The number of ether oxygens (including phenoxy) is 1. The predicted molar refractivity (Wildman–Crippen MR) is 153 cm³/mol. The number of nitrogens with zero attached hydrogens (tertiary/aromatic N) is 2. The van der Waals surface area contributed by atoms with Crippen LogP contribution in [0.4, 0.5) is 4.39 Å². The molecule has 0 aliphatic heterocycles. The van der Waals surface area contributed by atoms with Crippen molar-refractivity contribution in [2.45, 2.75) is 32.1 Å². The van der Waals surface area contributed by atoms with Crippen molar-refractivity contribution in [1.82, 2.24) is 14.5 Å². The molecular weight excluding hydrogens is 505 g/mol. The predicted octanol–water partition coefficient (Wildman–Crippen LogP) is 4.89. The highest BCUT2D eigenvalue weighted by Crippen LogP contribution is 2.17. The number of amides is 1. The maximum absolute atomic E-state index is 13.1. The van der Waals surface area contributed by atoms with Crippen LogP contribution in [0.5, 0.6) is 5.75 Å².